The highest BCUT2D eigenvalue weighted by molar-refractivity contribution is 5.99. The lowest BCUT2D eigenvalue weighted by atomic mass is 10.1. The maximum atomic E-state index is 10.6. The molecule has 1 fully saturated rings. The minimum absolute atomic E-state index is 0.112. The zero-order valence-electron chi connectivity index (χ0n) is 5.05. The average Bonchev–Trinajstić information content (AvgIpc) is 1.88. The smallest absolute Gasteiger partial charge is 0.321 e. The van der Waals surface area contributed by atoms with Gasteiger partial charge in [0.05, 0.1) is 6.07 Å². The molecule has 52 valence electrons. The molecule has 1 aliphatic heterocycles. The van der Waals surface area contributed by atoms with E-state index in [-0.39, 0.29) is 6.54 Å². The minimum atomic E-state index is -0.738. The number of amides is 3. The van der Waals surface area contributed by atoms with Crippen molar-refractivity contribution >= 4 is 11.9 Å². The summed E-state index contributed by atoms with van der Waals surface area (Å²) >= 11 is 0. The third-order valence-corrected chi connectivity index (χ3v) is 1.18. The van der Waals surface area contributed by atoms with Crippen LogP contribution in [-0.2, 0) is 4.79 Å². The summed E-state index contributed by atoms with van der Waals surface area (Å²) in [5.41, 5.74) is 0. The van der Waals surface area contributed by atoms with Crippen molar-refractivity contribution in [3.8, 4) is 6.07 Å². The van der Waals surface area contributed by atoms with E-state index in [0.717, 1.165) is 0 Å². The zero-order chi connectivity index (χ0) is 7.56. The van der Waals surface area contributed by atoms with Crippen molar-refractivity contribution in [1.82, 2.24) is 10.6 Å². The van der Waals surface area contributed by atoms with Gasteiger partial charge in [0.2, 0.25) is 5.91 Å². The van der Waals surface area contributed by atoms with Gasteiger partial charge < -0.3 is 5.32 Å². The lowest BCUT2D eigenvalue weighted by molar-refractivity contribution is -0.122. The molecule has 0 aliphatic carbocycles. The number of hydrogen-bond donors (Lipinski definition) is 2. The van der Waals surface area contributed by atoms with Gasteiger partial charge in [0.1, 0.15) is 5.92 Å². The van der Waals surface area contributed by atoms with E-state index in [0.29, 0.717) is 0 Å². The van der Waals surface area contributed by atoms with Crippen LogP contribution in [-0.4, -0.2) is 18.5 Å². The van der Waals surface area contributed by atoms with Crippen LogP contribution in [0, 0.1) is 17.2 Å². The third kappa shape index (κ3) is 1.05. The second-order valence-electron chi connectivity index (χ2n) is 1.88. The van der Waals surface area contributed by atoms with Crippen molar-refractivity contribution in [2.24, 2.45) is 5.92 Å². The van der Waals surface area contributed by atoms with Gasteiger partial charge in [-0.15, -0.1) is 0 Å². The van der Waals surface area contributed by atoms with Crippen LogP contribution in [0.25, 0.3) is 0 Å². The predicted octanol–water partition coefficient (Wildman–Crippen LogP) is -1.03. The second-order valence-corrected chi connectivity index (χ2v) is 1.88. The molecule has 1 unspecified atom stereocenters. The Labute approximate surface area is 57.0 Å². The highest BCUT2D eigenvalue weighted by atomic mass is 16.2. The lowest BCUT2D eigenvalue weighted by Crippen LogP contribution is -2.51. The molecule has 3 amide bonds. The predicted molar refractivity (Wildman–Crippen MR) is 30.6 cm³/mol. The Morgan fingerprint density at radius 3 is 2.80 bits per heavy atom. The first-order chi connectivity index (χ1) is 4.74. The molecule has 10 heavy (non-hydrogen) atoms. The topological polar surface area (TPSA) is 82.0 Å². The van der Waals surface area contributed by atoms with Crippen LogP contribution in [0.3, 0.4) is 0 Å². The molecule has 0 radical (unpaired) electrons. The van der Waals surface area contributed by atoms with Crippen molar-refractivity contribution in [2.45, 2.75) is 0 Å². The van der Waals surface area contributed by atoms with Crippen LogP contribution in [0.1, 0.15) is 0 Å². The van der Waals surface area contributed by atoms with Gasteiger partial charge in [0.25, 0.3) is 0 Å². The van der Waals surface area contributed by atoms with E-state index >= 15 is 0 Å². The van der Waals surface area contributed by atoms with Crippen molar-refractivity contribution in [1.29, 1.82) is 5.26 Å². The SMILES string of the molecule is N#CC1CNC(=O)NC1=O. The summed E-state index contributed by atoms with van der Waals surface area (Å²) in [6.07, 6.45) is 0. The highest BCUT2D eigenvalue weighted by Crippen LogP contribution is 1.95. The quantitative estimate of drug-likeness (QED) is 0.450. The van der Waals surface area contributed by atoms with Crippen LogP contribution in [0.4, 0.5) is 4.79 Å². The first kappa shape index (κ1) is 6.55. The zero-order valence-corrected chi connectivity index (χ0v) is 5.05. The number of hydrogen-bond acceptors (Lipinski definition) is 3. The normalized spacial score (nSPS) is 24.5. The number of urea groups is 1. The fraction of sp³-hybridized carbons (Fsp3) is 0.400. The van der Waals surface area contributed by atoms with E-state index in [9.17, 15) is 9.59 Å². The number of carbonyl (C=O) groups is 2. The van der Waals surface area contributed by atoms with Crippen molar-refractivity contribution < 1.29 is 9.59 Å². The maximum absolute atomic E-state index is 10.6. The summed E-state index contributed by atoms with van der Waals surface area (Å²) in [4.78, 5) is 21.0. The molecule has 5 nitrogen and oxygen atoms in total. The van der Waals surface area contributed by atoms with Gasteiger partial charge in [0.15, 0.2) is 0 Å². The summed E-state index contributed by atoms with van der Waals surface area (Å²) < 4.78 is 0. The molecular weight excluding hydrogens is 134 g/mol. The fourth-order valence-electron chi connectivity index (χ4n) is 0.635. The summed E-state index contributed by atoms with van der Waals surface area (Å²) in [6.45, 7) is 0.112. The molecule has 0 bridgehead atoms. The molecule has 0 spiro atoms. The van der Waals surface area contributed by atoms with E-state index in [2.05, 4.69) is 5.32 Å². The van der Waals surface area contributed by atoms with Crippen LogP contribution >= 0.6 is 0 Å². The van der Waals surface area contributed by atoms with E-state index in [1.807, 2.05) is 5.32 Å². The first-order valence-corrected chi connectivity index (χ1v) is 2.72. The number of nitrogens with one attached hydrogen (secondary N) is 2. The van der Waals surface area contributed by atoms with Crippen LogP contribution < -0.4 is 10.6 Å². The van der Waals surface area contributed by atoms with Crippen molar-refractivity contribution in [2.75, 3.05) is 6.54 Å². The van der Waals surface area contributed by atoms with Crippen molar-refractivity contribution in [3.63, 3.8) is 0 Å². The minimum Gasteiger partial charge on any atom is -0.336 e. The van der Waals surface area contributed by atoms with E-state index in [1.165, 1.54) is 0 Å². The van der Waals surface area contributed by atoms with Crippen molar-refractivity contribution in [3.05, 3.63) is 0 Å². The number of rotatable bonds is 0. The van der Waals surface area contributed by atoms with Crippen LogP contribution in [0.5, 0.6) is 0 Å². The summed E-state index contributed by atoms with van der Waals surface area (Å²) in [7, 11) is 0. The summed E-state index contributed by atoms with van der Waals surface area (Å²) in [5.74, 6) is -1.26. The monoisotopic (exact) mass is 139 g/mol. The van der Waals surface area contributed by atoms with Gasteiger partial charge in [-0.1, -0.05) is 0 Å². The summed E-state index contributed by atoms with van der Waals surface area (Å²) in [6, 6.07) is 1.22. The molecular formula is C5H5N3O2. The van der Waals surface area contributed by atoms with Gasteiger partial charge in [-0.25, -0.2) is 4.79 Å². The Morgan fingerprint density at radius 1 is 1.60 bits per heavy atom. The second kappa shape index (κ2) is 2.35. The number of carbonyl (C=O) groups excluding carboxylic acids is 2. The van der Waals surface area contributed by atoms with Crippen LogP contribution in [0.15, 0.2) is 0 Å². The Balaban J connectivity index is 2.62. The fourth-order valence-corrected chi connectivity index (χ4v) is 0.635. The molecule has 1 aliphatic rings. The Bertz CT molecular complexity index is 217. The van der Waals surface area contributed by atoms with Gasteiger partial charge >= 0.3 is 6.03 Å². The molecule has 2 N–H and O–H groups in total. The average molecular weight is 139 g/mol. The van der Waals surface area contributed by atoms with Gasteiger partial charge in [0, 0.05) is 6.54 Å². The van der Waals surface area contributed by atoms with Gasteiger partial charge in [-0.05, 0) is 0 Å². The summed E-state index contributed by atoms with van der Waals surface area (Å²) in [5, 5.41) is 12.6. The Morgan fingerprint density at radius 2 is 2.30 bits per heavy atom. The van der Waals surface area contributed by atoms with Gasteiger partial charge in [-0.3, -0.25) is 10.1 Å². The van der Waals surface area contributed by atoms with Gasteiger partial charge in [-0.2, -0.15) is 5.26 Å². The molecule has 0 aromatic rings. The Hall–Kier alpha value is -1.57. The van der Waals surface area contributed by atoms with Crippen LogP contribution in [0.2, 0.25) is 0 Å². The Kier molecular flexibility index (Phi) is 1.54. The molecule has 0 aromatic carbocycles. The number of nitriles is 1. The molecule has 0 saturated carbocycles. The number of imide groups is 1. The standard InChI is InChI=1S/C5H5N3O2/c6-1-3-2-7-5(10)8-4(3)9/h3H,2H2,(H2,7,8,9,10). The molecule has 5 heteroatoms. The highest BCUT2D eigenvalue weighted by Gasteiger charge is 2.25. The molecule has 0 aromatic heterocycles. The molecule has 1 heterocycles. The molecule has 1 rings (SSSR count). The third-order valence-electron chi connectivity index (χ3n) is 1.18. The molecule has 1 saturated heterocycles. The molecule has 1 atom stereocenters. The van der Waals surface area contributed by atoms with E-state index in [1.54, 1.807) is 6.07 Å². The largest absolute Gasteiger partial charge is 0.336 e. The number of nitrogens with zero attached hydrogens (tertiary/aromatic N) is 1. The maximum Gasteiger partial charge on any atom is 0.321 e. The lowest BCUT2D eigenvalue weighted by Gasteiger charge is -2.15. The van der Waals surface area contributed by atoms with E-state index in [4.69, 9.17) is 5.26 Å². The van der Waals surface area contributed by atoms with E-state index < -0.39 is 17.9 Å². The first-order valence-electron chi connectivity index (χ1n) is 2.72.